The standard InChI is InChI=1S/C28H29BN2O4S/c1-21-16-18-25(19-17-21)36(34,35)31-28(23-12-6-3-7-13-23)27(22-10-4-2-5-11-22)30-20-24-14-8-9-15-26(24)29(32)33/h2-19,27-28,30-33H,20H2,1H3/t27-,28-/m0/s1. The van der Waals surface area contributed by atoms with E-state index in [0.717, 1.165) is 16.7 Å². The predicted molar refractivity (Wildman–Crippen MR) is 143 cm³/mol. The molecule has 2 atom stereocenters. The Morgan fingerprint density at radius 3 is 1.83 bits per heavy atom. The van der Waals surface area contributed by atoms with Gasteiger partial charge in [0.05, 0.1) is 17.0 Å². The smallest absolute Gasteiger partial charge is 0.423 e. The highest BCUT2D eigenvalue weighted by atomic mass is 32.2. The molecule has 8 heteroatoms. The summed E-state index contributed by atoms with van der Waals surface area (Å²) in [5.74, 6) is 0. The molecule has 0 amide bonds. The fourth-order valence-electron chi connectivity index (χ4n) is 4.20. The van der Waals surface area contributed by atoms with Crippen molar-refractivity contribution < 1.29 is 18.5 Å². The van der Waals surface area contributed by atoms with Crippen LogP contribution in [0.4, 0.5) is 0 Å². The summed E-state index contributed by atoms with van der Waals surface area (Å²) >= 11 is 0. The molecule has 4 N–H and O–H groups in total. The highest BCUT2D eigenvalue weighted by molar-refractivity contribution is 7.89. The van der Waals surface area contributed by atoms with Gasteiger partial charge in [-0.25, -0.2) is 13.1 Å². The van der Waals surface area contributed by atoms with Crippen molar-refractivity contribution in [1.29, 1.82) is 0 Å². The van der Waals surface area contributed by atoms with E-state index in [2.05, 4.69) is 10.0 Å². The summed E-state index contributed by atoms with van der Waals surface area (Å²) in [5, 5.41) is 23.1. The quantitative estimate of drug-likeness (QED) is 0.251. The lowest BCUT2D eigenvalue weighted by Crippen LogP contribution is -2.40. The van der Waals surface area contributed by atoms with E-state index in [1.807, 2.05) is 79.7 Å². The van der Waals surface area contributed by atoms with Crippen LogP contribution in [0.25, 0.3) is 0 Å². The normalized spacial score (nSPS) is 13.2. The van der Waals surface area contributed by atoms with Crippen LogP contribution in [-0.4, -0.2) is 25.6 Å². The van der Waals surface area contributed by atoms with Crippen LogP contribution >= 0.6 is 0 Å². The van der Waals surface area contributed by atoms with E-state index in [0.29, 0.717) is 17.6 Å². The average molecular weight is 500 g/mol. The molecule has 0 fully saturated rings. The van der Waals surface area contributed by atoms with Crippen LogP contribution < -0.4 is 15.5 Å². The Labute approximate surface area is 212 Å². The zero-order chi connectivity index (χ0) is 25.5. The Bertz CT molecular complexity index is 1370. The van der Waals surface area contributed by atoms with Crippen LogP contribution in [0.3, 0.4) is 0 Å². The van der Waals surface area contributed by atoms with Gasteiger partial charge in [0.2, 0.25) is 10.0 Å². The van der Waals surface area contributed by atoms with Crippen LogP contribution in [0.5, 0.6) is 0 Å². The molecule has 0 aromatic heterocycles. The van der Waals surface area contributed by atoms with Crippen LogP contribution in [-0.2, 0) is 16.6 Å². The molecular weight excluding hydrogens is 471 g/mol. The lowest BCUT2D eigenvalue weighted by molar-refractivity contribution is 0.417. The number of nitrogens with one attached hydrogen (secondary N) is 2. The molecule has 0 unspecified atom stereocenters. The second kappa shape index (κ2) is 11.6. The van der Waals surface area contributed by atoms with E-state index >= 15 is 0 Å². The maximum Gasteiger partial charge on any atom is 0.488 e. The third-order valence-corrected chi connectivity index (χ3v) is 7.57. The SMILES string of the molecule is Cc1ccc(S(=O)(=O)N[C@@H](c2ccccc2)[C@@H](NCc2ccccc2B(O)O)c2ccccc2)cc1. The first-order valence-corrected chi connectivity index (χ1v) is 13.2. The predicted octanol–water partition coefficient (Wildman–Crippen LogP) is 3.23. The van der Waals surface area contributed by atoms with E-state index in [1.165, 1.54) is 0 Å². The largest absolute Gasteiger partial charge is 0.488 e. The number of benzene rings is 4. The first kappa shape index (κ1) is 25.8. The minimum atomic E-state index is -3.85. The van der Waals surface area contributed by atoms with Gasteiger partial charge in [-0.15, -0.1) is 0 Å². The molecule has 0 aliphatic carbocycles. The van der Waals surface area contributed by atoms with E-state index < -0.39 is 29.2 Å². The van der Waals surface area contributed by atoms with Crippen LogP contribution in [0, 0.1) is 6.92 Å². The lowest BCUT2D eigenvalue weighted by Gasteiger charge is -2.30. The Balaban J connectivity index is 1.74. The van der Waals surface area contributed by atoms with Crippen LogP contribution in [0.15, 0.2) is 114 Å². The molecule has 0 spiro atoms. The summed E-state index contributed by atoms with van der Waals surface area (Å²) in [6, 6.07) is 31.7. The van der Waals surface area contributed by atoms with E-state index in [-0.39, 0.29) is 4.90 Å². The summed E-state index contributed by atoms with van der Waals surface area (Å²) in [6.45, 7) is 2.20. The molecule has 4 aromatic carbocycles. The zero-order valence-corrected chi connectivity index (χ0v) is 20.8. The molecule has 4 rings (SSSR count). The third kappa shape index (κ3) is 6.29. The van der Waals surface area contributed by atoms with Gasteiger partial charge in [0.1, 0.15) is 0 Å². The number of sulfonamides is 1. The molecule has 0 radical (unpaired) electrons. The van der Waals surface area contributed by atoms with Crippen LogP contribution in [0.1, 0.15) is 34.3 Å². The molecular formula is C28H29BN2O4S. The number of hydrogen-bond donors (Lipinski definition) is 4. The topological polar surface area (TPSA) is 98.7 Å². The van der Waals surface area contributed by atoms with E-state index in [1.54, 1.807) is 36.4 Å². The van der Waals surface area contributed by atoms with E-state index in [9.17, 15) is 18.5 Å². The fraction of sp³-hybridized carbons (Fsp3) is 0.143. The van der Waals surface area contributed by atoms with Gasteiger partial charge in [0.25, 0.3) is 0 Å². The van der Waals surface area contributed by atoms with Crippen molar-refractivity contribution in [3.05, 3.63) is 131 Å². The van der Waals surface area contributed by atoms with Crippen molar-refractivity contribution in [3.63, 3.8) is 0 Å². The van der Waals surface area contributed by atoms with Crippen LogP contribution in [0.2, 0.25) is 0 Å². The number of rotatable bonds is 10. The first-order chi connectivity index (χ1) is 17.3. The summed E-state index contributed by atoms with van der Waals surface area (Å²) in [4.78, 5) is 0.189. The second-order valence-electron chi connectivity index (χ2n) is 8.66. The van der Waals surface area contributed by atoms with Gasteiger partial charge in [-0.1, -0.05) is 103 Å². The molecule has 36 heavy (non-hydrogen) atoms. The molecule has 0 bridgehead atoms. The van der Waals surface area contributed by atoms with Crippen molar-refractivity contribution in [1.82, 2.24) is 10.0 Å². The lowest BCUT2D eigenvalue weighted by atomic mass is 9.77. The van der Waals surface area contributed by atoms with Gasteiger partial charge in [-0.05, 0) is 41.2 Å². The molecule has 0 aliphatic rings. The van der Waals surface area contributed by atoms with Gasteiger partial charge in [0, 0.05) is 6.54 Å². The van der Waals surface area contributed by atoms with Gasteiger partial charge < -0.3 is 15.4 Å². The zero-order valence-electron chi connectivity index (χ0n) is 20.0. The molecule has 184 valence electrons. The van der Waals surface area contributed by atoms with Crippen molar-refractivity contribution in [2.75, 3.05) is 0 Å². The van der Waals surface area contributed by atoms with Gasteiger partial charge in [-0.3, -0.25) is 0 Å². The average Bonchev–Trinajstić information content (AvgIpc) is 2.89. The summed E-state index contributed by atoms with van der Waals surface area (Å²) in [6.07, 6.45) is 0. The van der Waals surface area contributed by atoms with Crippen molar-refractivity contribution in [2.24, 2.45) is 0 Å². The van der Waals surface area contributed by atoms with Crippen molar-refractivity contribution >= 4 is 22.6 Å². The highest BCUT2D eigenvalue weighted by Gasteiger charge is 2.30. The summed E-state index contributed by atoms with van der Waals surface area (Å²) < 4.78 is 29.9. The summed E-state index contributed by atoms with van der Waals surface area (Å²) in [7, 11) is -5.46. The summed E-state index contributed by atoms with van der Waals surface area (Å²) in [5.41, 5.74) is 3.77. The minimum absolute atomic E-state index is 0.189. The fourth-order valence-corrected chi connectivity index (χ4v) is 5.43. The van der Waals surface area contributed by atoms with Gasteiger partial charge >= 0.3 is 7.12 Å². The molecule has 6 nitrogen and oxygen atoms in total. The highest BCUT2D eigenvalue weighted by Crippen LogP contribution is 2.31. The maximum absolute atomic E-state index is 13.5. The van der Waals surface area contributed by atoms with E-state index in [4.69, 9.17) is 0 Å². The Morgan fingerprint density at radius 2 is 1.25 bits per heavy atom. The van der Waals surface area contributed by atoms with Gasteiger partial charge in [0.15, 0.2) is 0 Å². The Morgan fingerprint density at radius 1 is 0.722 bits per heavy atom. The molecule has 4 aromatic rings. The molecule has 0 aliphatic heterocycles. The maximum atomic E-state index is 13.5. The second-order valence-corrected chi connectivity index (χ2v) is 10.4. The Kier molecular flexibility index (Phi) is 8.35. The molecule has 0 heterocycles. The monoisotopic (exact) mass is 500 g/mol. The van der Waals surface area contributed by atoms with Gasteiger partial charge in [-0.2, -0.15) is 0 Å². The molecule has 0 saturated carbocycles. The minimum Gasteiger partial charge on any atom is -0.423 e. The van der Waals surface area contributed by atoms with Crippen molar-refractivity contribution in [3.8, 4) is 0 Å². The third-order valence-electron chi connectivity index (χ3n) is 6.11. The number of aryl methyl sites for hydroxylation is 1. The van der Waals surface area contributed by atoms with Crippen molar-refractivity contribution in [2.45, 2.75) is 30.4 Å². The first-order valence-electron chi connectivity index (χ1n) is 11.7. The number of hydrogen-bond acceptors (Lipinski definition) is 5. The molecule has 0 saturated heterocycles. The Hall–Kier alpha value is -3.27.